The highest BCUT2D eigenvalue weighted by Crippen LogP contribution is 2.32. The average Bonchev–Trinajstić information content (AvgIpc) is 2.42. The first kappa shape index (κ1) is 11.3. The molecule has 1 heteroatoms. The van der Waals surface area contributed by atoms with Gasteiger partial charge in [0.1, 0.15) is 0 Å². The van der Waals surface area contributed by atoms with Gasteiger partial charge in [0, 0.05) is 5.69 Å². The first-order chi connectivity index (χ1) is 8.84. The van der Waals surface area contributed by atoms with E-state index in [-0.39, 0.29) is 0 Å². The largest absolute Gasteiger partial charge is 0.378 e. The Kier molecular flexibility index (Phi) is 3.06. The van der Waals surface area contributed by atoms with Gasteiger partial charge in [0.05, 0.1) is 6.04 Å². The van der Waals surface area contributed by atoms with E-state index in [0.717, 1.165) is 0 Å². The monoisotopic (exact) mass is 237 g/mol. The molecule has 0 aliphatic heterocycles. The van der Waals surface area contributed by atoms with E-state index < -0.39 is 0 Å². The van der Waals surface area contributed by atoms with Gasteiger partial charge in [0.2, 0.25) is 0 Å². The van der Waals surface area contributed by atoms with E-state index in [1.54, 1.807) is 0 Å². The van der Waals surface area contributed by atoms with Gasteiger partial charge >= 0.3 is 0 Å². The van der Waals surface area contributed by atoms with Crippen molar-refractivity contribution in [1.82, 2.24) is 0 Å². The summed E-state index contributed by atoms with van der Waals surface area (Å²) in [5.74, 6) is 0. The third kappa shape index (κ3) is 2.13. The zero-order valence-corrected chi connectivity index (χ0v) is 10.8. The first-order valence-corrected chi connectivity index (χ1v) is 6.74. The van der Waals surface area contributed by atoms with E-state index in [2.05, 4.69) is 60.8 Å². The van der Waals surface area contributed by atoms with E-state index in [0.29, 0.717) is 6.04 Å². The van der Waals surface area contributed by atoms with Crippen LogP contribution in [0, 0.1) is 6.92 Å². The summed E-state index contributed by atoms with van der Waals surface area (Å²) < 4.78 is 0. The molecule has 0 saturated heterocycles. The van der Waals surface area contributed by atoms with Crippen LogP contribution in [-0.4, -0.2) is 0 Å². The second kappa shape index (κ2) is 4.85. The van der Waals surface area contributed by atoms with Gasteiger partial charge in [-0.15, -0.1) is 0 Å². The third-order valence-electron chi connectivity index (χ3n) is 3.84. The van der Waals surface area contributed by atoms with Crippen LogP contribution in [0.15, 0.2) is 48.5 Å². The van der Waals surface area contributed by atoms with Crippen molar-refractivity contribution in [3.63, 3.8) is 0 Å². The summed E-state index contributed by atoms with van der Waals surface area (Å²) in [6.07, 6.45) is 3.73. The molecule has 0 spiro atoms. The maximum Gasteiger partial charge on any atom is 0.0516 e. The van der Waals surface area contributed by atoms with Gasteiger partial charge in [-0.3, -0.25) is 0 Å². The van der Waals surface area contributed by atoms with Gasteiger partial charge in [-0.2, -0.15) is 0 Å². The number of fused-ring (bicyclic) bond motifs is 1. The van der Waals surface area contributed by atoms with Crippen molar-refractivity contribution in [2.24, 2.45) is 0 Å². The lowest BCUT2D eigenvalue weighted by Crippen LogP contribution is -2.17. The van der Waals surface area contributed by atoms with Gasteiger partial charge in [-0.05, 0) is 48.9 Å². The predicted molar refractivity (Wildman–Crippen MR) is 76.9 cm³/mol. The minimum absolute atomic E-state index is 0.469. The molecule has 2 aromatic carbocycles. The average molecular weight is 237 g/mol. The van der Waals surface area contributed by atoms with Gasteiger partial charge in [-0.25, -0.2) is 0 Å². The lowest BCUT2D eigenvalue weighted by Gasteiger charge is -2.27. The Hall–Kier alpha value is -1.76. The lowest BCUT2D eigenvalue weighted by atomic mass is 9.87. The summed E-state index contributed by atoms with van der Waals surface area (Å²) in [5.41, 5.74) is 5.57. The van der Waals surface area contributed by atoms with Gasteiger partial charge < -0.3 is 5.32 Å². The molecule has 0 heterocycles. The van der Waals surface area contributed by atoms with E-state index in [1.807, 2.05) is 0 Å². The minimum Gasteiger partial charge on any atom is -0.378 e. The molecule has 1 atom stereocenters. The molecule has 1 N–H and O–H groups in total. The molecule has 1 aliphatic rings. The smallest absolute Gasteiger partial charge is 0.0516 e. The van der Waals surface area contributed by atoms with Gasteiger partial charge in [-0.1, -0.05) is 42.5 Å². The van der Waals surface area contributed by atoms with Gasteiger partial charge in [0.15, 0.2) is 0 Å². The topological polar surface area (TPSA) is 12.0 Å². The number of hydrogen-bond donors (Lipinski definition) is 1. The van der Waals surface area contributed by atoms with Crippen molar-refractivity contribution in [1.29, 1.82) is 0 Å². The van der Waals surface area contributed by atoms with Crippen LogP contribution in [0.2, 0.25) is 0 Å². The second-order valence-electron chi connectivity index (χ2n) is 5.10. The third-order valence-corrected chi connectivity index (χ3v) is 3.84. The molecule has 0 radical (unpaired) electrons. The molecule has 0 aromatic heterocycles. The summed E-state index contributed by atoms with van der Waals surface area (Å²) in [6.45, 7) is 2.16. The fraction of sp³-hybridized carbons (Fsp3) is 0.294. The van der Waals surface area contributed by atoms with Crippen molar-refractivity contribution in [2.75, 3.05) is 5.32 Å². The van der Waals surface area contributed by atoms with Gasteiger partial charge in [0.25, 0.3) is 0 Å². The van der Waals surface area contributed by atoms with Crippen molar-refractivity contribution < 1.29 is 0 Å². The molecule has 0 saturated carbocycles. The van der Waals surface area contributed by atoms with Crippen LogP contribution in [0.4, 0.5) is 5.69 Å². The molecule has 0 bridgehead atoms. The lowest BCUT2D eigenvalue weighted by molar-refractivity contribution is 0.600. The second-order valence-corrected chi connectivity index (χ2v) is 5.10. The molecular formula is C17H19N. The molecule has 18 heavy (non-hydrogen) atoms. The van der Waals surface area contributed by atoms with E-state index in [9.17, 15) is 0 Å². The van der Waals surface area contributed by atoms with E-state index in [1.165, 1.54) is 41.6 Å². The van der Waals surface area contributed by atoms with Crippen LogP contribution in [0.25, 0.3) is 0 Å². The summed E-state index contributed by atoms with van der Waals surface area (Å²) in [6, 6.07) is 17.8. The Labute approximate surface area is 109 Å². The van der Waals surface area contributed by atoms with Crippen LogP contribution in [0.5, 0.6) is 0 Å². The highest BCUT2D eigenvalue weighted by Gasteiger charge is 2.19. The van der Waals surface area contributed by atoms with E-state index in [4.69, 9.17) is 0 Å². The summed E-state index contributed by atoms with van der Waals surface area (Å²) in [7, 11) is 0. The Morgan fingerprint density at radius 1 is 1.00 bits per heavy atom. The predicted octanol–water partition coefficient (Wildman–Crippen LogP) is 4.48. The fourth-order valence-corrected chi connectivity index (χ4v) is 2.83. The summed E-state index contributed by atoms with van der Waals surface area (Å²) in [4.78, 5) is 0. The number of benzene rings is 2. The zero-order chi connectivity index (χ0) is 12.4. The number of rotatable bonds is 2. The molecule has 2 aromatic rings. The number of para-hydroxylation sites is 1. The normalized spacial score (nSPS) is 18.2. The van der Waals surface area contributed by atoms with Crippen molar-refractivity contribution in [2.45, 2.75) is 32.2 Å². The Balaban J connectivity index is 1.89. The number of anilines is 1. The van der Waals surface area contributed by atoms with Crippen molar-refractivity contribution in [3.8, 4) is 0 Å². The standard InChI is InChI=1S/C17H19N/c1-13-7-2-5-11-16(13)18-17-12-6-9-14-8-3-4-10-15(14)17/h2-5,7-8,10-11,17-18H,6,9,12H2,1H3. The van der Waals surface area contributed by atoms with Crippen LogP contribution >= 0.6 is 0 Å². The summed E-state index contributed by atoms with van der Waals surface area (Å²) in [5, 5.41) is 3.71. The molecule has 1 nitrogen and oxygen atoms in total. The Bertz CT molecular complexity index is 545. The molecule has 1 unspecified atom stereocenters. The van der Waals surface area contributed by atoms with Crippen LogP contribution in [0.1, 0.15) is 35.6 Å². The number of aryl methyl sites for hydroxylation is 2. The Morgan fingerprint density at radius 2 is 1.78 bits per heavy atom. The van der Waals surface area contributed by atoms with E-state index >= 15 is 0 Å². The fourth-order valence-electron chi connectivity index (χ4n) is 2.83. The summed E-state index contributed by atoms with van der Waals surface area (Å²) >= 11 is 0. The highest BCUT2D eigenvalue weighted by molar-refractivity contribution is 5.52. The van der Waals surface area contributed by atoms with Crippen LogP contribution < -0.4 is 5.32 Å². The number of nitrogens with one attached hydrogen (secondary N) is 1. The molecule has 3 rings (SSSR count). The highest BCUT2D eigenvalue weighted by atomic mass is 14.9. The quantitative estimate of drug-likeness (QED) is 0.811. The minimum atomic E-state index is 0.469. The van der Waals surface area contributed by atoms with Crippen LogP contribution in [-0.2, 0) is 6.42 Å². The molecule has 92 valence electrons. The van der Waals surface area contributed by atoms with Crippen LogP contribution in [0.3, 0.4) is 0 Å². The maximum absolute atomic E-state index is 3.71. The number of hydrogen-bond acceptors (Lipinski definition) is 1. The Morgan fingerprint density at radius 3 is 2.67 bits per heavy atom. The molecule has 1 aliphatic carbocycles. The molecule has 0 fully saturated rings. The zero-order valence-electron chi connectivity index (χ0n) is 10.8. The molecule has 0 amide bonds. The van der Waals surface area contributed by atoms with Crippen molar-refractivity contribution >= 4 is 5.69 Å². The SMILES string of the molecule is Cc1ccccc1NC1CCCc2ccccc21. The first-order valence-electron chi connectivity index (χ1n) is 6.74. The molecular weight excluding hydrogens is 218 g/mol. The van der Waals surface area contributed by atoms with Crippen molar-refractivity contribution in [3.05, 3.63) is 65.2 Å². The maximum atomic E-state index is 3.71.